The Bertz CT molecular complexity index is 809. The first-order valence-corrected chi connectivity index (χ1v) is 10.1. The molecule has 4 rings (SSSR count). The van der Waals surface area contributed by atoms with Gasteiger partial charge in [0.2, 0.25) is 0 Å². The van der Waals surface area contributed by atoms with Gasteiger partial charge in [0.15, 0.2) is 0 Å². The van der Waals surface area contributed by atoms with Crippen molar-refractivity contribution in [2.24, 2.45) is 5.92 Å². The molecule has 2 heterocycles. The molecule has 1 fully saturated rings. The van der Waals surface area contributed by atoms with Gasteiger partial charge >= 0.3 is 6.03 Å². The number of benzene rings is 2. The summed E-state index contributed by atoms with van der Waals surface area (Å²) >= 11 is 3.54. The molecule has 0 spiro atoms. The van der Waals surface area contributed by atoms with E-state index in [0.717, 1.165) is 42.8 Å². The third-order valence-electron chi connectivity index (χ3n) is 5.46. The largest absolute Gasteiger partial charge is 0.371 e. The van der Waals surface area contributed by atoms with Crippen molar-refractivity contribution < 1.29 is 4.79 Å². The maximum Gasteiger partial charge on any atom is 0.321 e. The molecule has 4 nitrogen and oxygen atoms in total. The zero-order chi connectivity index (χ0) is 18.1. The van der Waals surface area contributed by atoms with Gasteiger partial charge in [-0.3, -0.25) is 4.90 Å². The van der Waals surface area contributed by atoms with Crippen molar-refractivity contribution in [1.82, 2.24) is 5.32 Å². The maximum atomic E-state index is 12.7. The van der Waals surface area contributed by atoms with Gasteiger partial charge in [0.05, 0.1) is 0 Å². The molecule has 5 heteroatoms. The van der Waals surface area contributed by atoms with Crippen LogP contribution in [0.15, 0.2) is 53.0 Å². The SMILES string of the molecule is C[C@H]1CN(C(=O)NC[C@@H]2CCN(c3cccc(Br)c3)C2)c2ccccc21. The van der Waals surface area contributed by atoms with Crippen LogP contribution >= 0.6 is 15.9 Å². The average Bonchev–Trinajstić information content (AvgIpc) is 3.25. The summed E-state index contributed by atoms with van der Waals surface area (Å²) in [6.07, 6.45) is 1.11. The summed E-state index contributed by atoms with van der Waals surface area (Å²) in [6, 6.07) is 16.7. The van der Waals surface area contributed by atoms with Crippen LogP contribution in [0.4, 0.5) is 16.2 Å². The number of urea groups is 1. The number of fused-ring (bicyclic) bond motifs is 1. The van der Waals surface area contributed by atoms with Gasteiger partial charge in [0.25, 0.3) is 0 Å². The van der Waals surface area contributed by atoms with Crippen LogP contribution in [-0.4, -0.2) is 32.2 Å². The number of nitrogens with zero attached hydrogens (tertiary/aromatic N) is 2. The van der Waals surface area contributed by atoms with Gasteiger partial charge in [-0.15, -0.1) is 0 Å². The van der Waals surface area contributed by atoms with E-state index in [0.29, 0.717) is 11.8 Å². The second-order valence-electron chi connectivity index (χ2n) is 7.34. The second-order valence-corrected chi connectivity index (χ2v) is 8.25. The molecule has 0 radical (unpaired) electrons. The predicted molar refractivity (Wildman–Crippen MR) is 110 cm³/mol. The van der Waals surface area contributed by atoms with Crippen molar-refractivity contribution in [2.75, 3.05) is 36.0 Å². The summed E-state index contributed by atoms with van der Waals surface area (Å²) in [6.45, 7) is 5.71. The molecule has 2 aromatic carbocycles. The normalized spacial score (nSPS) is 21.8. The molecule has 1 N–H and O–H groups in total. The molecule has 0 unspecified atom stereocenters. The molecule has 2 aromatic rings. The van der Waals surface area contributed by atoms with Crippen molar-refractivity contribution in [3.05, 3.63) is 58.6 Å². The number of anilines is 2. The van der Waals surface area contributed by atoms with E-state index in [1.165, 1.54) is 11.3 Å². The van der Waals surface area contributed by atoms with E-state index in [4.69, 9.17) is 0 Å². The van der Waals surface area contributed by atoms with Crippen LogP contribution in [0.3, 0.4) is 0 Å². The number of amides is 2. The fourth-order valence-electron chi connectivity index (χ4n) is 4.05. The van der Waals surface area contributed by atoms with E-state index in [1.54, 1.807) is 0 Å². The molecule has 1 saturated heterocycles. The minimum atomic E-state index is 0.0303. The summed E-state index contributed by atoms with van der Waals surface area (Å²) in [5.41, 5.74) is 3.57. The Morgan fingerprint density at radius 3 is 2.88 bits per heavy atom. The van der Waals surface area contributed by atoms with Gasteiger partial charge in [-0.1, -0.05) is 47.1 Å². The van der Waals surface area contributed by atoms with Crippen LogP contribution in [-0.2, 0) is 0 Å². The molecule has 136 valence electrons. The molecule has 0 bridgehead atoms. The quantitative estimate of drug-likeness (QED) is 0.797. The van der Waals surface area contributed by atoms with Gasteiger partial charge < -0.3 is 10.2 Å². The topological polar surface area (TPSA) is 35.6 Å². The van der Waals surface area contributed by atoms with Crippen LogP contribution in [0.2, 0.25) is 0 Å². The summed E-state index contributed by atoms with van der Waals surface area (Å²) in [7, 11) is 0. The van der Waals surface area contributed by atoms with Crippen molar-refractivity contribution >= 4 is 33.3 Å². The molecule has 2 amide bonds. The lowest BCUT2D eigenvalue weighted by Gasteiger charge is -2.21. The Labute approximate surface area is 163 Å². The number of halogens is 1. The third kappa shape index (κ3) is 3.45. The number of hydrogen-bond acceptors (Lipinski definition) is 2. The number of para-hydroxylation sites is 1. The minimum Gasteiger partial charge on any atom is -0.371 e. The number of hydrogen-bond donors (Lipinski definition) is 1. The molecule has 2 atom stereocenters. The van der Waals surface area contributed by atoms with E-state index in [2.05, 4.69) is 57.3 Å². The van der Waals surface area contributed by atoms with Crippen molar-refractivity contribution in [3.8, 4) is 0 Å². The highest BCUT2D eigenvalue weighted by Gasteiger charge is 2.30. The summed E-state index contributed by atoms with van der Waals surface area (Å²) in [5.74, 6) is 0.892. The smallest absolute Gasteiger partial charge is 0.321 e. The van der Waals surface area contributed by atoms with E-state index in [9.17, 15) is 4.79 Å². The Morgan fingerprint density at radius 2 is 2.04 bits per heavy atom. The van der Waals surface area contributed by atoms with Crippen molar-refractivity contribution in [3.63, 3.8) is 0 Å². The van der Waals surface area contributed by atoms with Gasteiger partial charge in [0, 0.05) is 47.9 Å². The summed E-state index contributed by atoms with van der Waals surface area (Å²) in [5, 5.41) is 3.16. The third-order valence-corrected chi connectivity index (χ3v) is 5.95. The monoisotopic (exact) mass is 413 g/mol. The summed E-state index contributed by atoms with van der Waals surface area (Å²) in [4.78, 5) is 17.0. The van der Waals surface area contributed by atoms with Gasteiger partial charge in [0.1, 0.15) is 0 Å². The molecule has 2 aliphatic heterocycles. The second kappa shape index (κ2) is 7.31. The highest BCUT2D eigenvalue weighted by Crippen LogP contribution is 2.35. The lowest BCUT2D eigenvalue weighted by atomic mass is 10.0. The maximum absolute atomic E-state index is 12.7. The number of carbonyl (C=O) groups excluding carboxylic acids is 1. The lowest BCUT2D eigenvalue weighted by molar-refractivity contribution is 0.245. The molecular weight excluding hydrogens is 390 g/mol. The minimum absolute atomic E-state index is 0.0303. The number of rotatable bonds is 3. The average molecular weight is 414 g/mol. The van der Waals surface area contributed by atoms with E-state index in [-0.39, 0.29) is 6.03 Å². The van der Waals surface area contributed by atoms with Crippen LogP contribution in [0.25, 0.3) is 0 Å². The van der Waals surface area contributed by atoms with Crippen molar-refractivity contribution in [2.45, 2.75) is 19.3 Å². The molecule has 0 aliphatic carbocycles. The first kappa shape index (κ1) is 17.4. The summed E-state index contributed by atoms with van der Waals surface area (Å²) < 4.78 is 1.11. The molecule has 26 heavy (non-hydrogen) atoms. The fraction of sp³-hybridized carbons (Fsp3) is 0.381. The molecular formula is C21H24BrN3O. The van der Waals surface area contributed by atoms with Gasteiger partial charge in [-0.05, 0) is 42.2 Å². The van der Waals surface area contributed by atoms with Crippen LogP contribution < -0.4 is 15.1 Å². The Balaban J connectivity index is 1.33. The zero-order valence-corrected chi connectivity index (χ0v) is 16.6. The Morgan fingerprint density at radius 1 is 1.19 bits per heavy atom. The highest BCUT2D eigenvalue weighted by atomic mass is 79.9. The van der Waals surface area contributed by atoms with Crippen LogP contribution in [0.1, 0.15) is 24.8 Å². The first-order chi connectivity index (χ1) is 12.6. The van der Waals surface area contributed by atoms with E-state index in [1.807, 2.05) is 29.2 Å². The molecule has 0 aromatic heterocycles. The predicted octanol–water partition coefficient (Wildman–Crippen LogP) is 4.61. The van der Waals surface area contributed by atoms with Crippen LogP contribution in [0.5, 0.6) is 0 Å². The Hall–Kier alpha value is -2.01. The van der Waals surface area contributed by atoms with Crippen molar-refractivity contribution in [1.29, 1.82) is 0 Å². The highest BCUT2D eigenvalue weighted by molar-refractivity contribution is 9.10. The Kier molecular flexibility index (Phi) is 4.90. The van der Waals surface area contributed by atoms with E-state index >= 15 is 0 Å². The van der Waals surface area contributed by atoms with E-state index < -0.39 is 0 Å². The van der Waals surface area contributed by atoms with Crippen LogP contribution in [0, 0.1) is 5.92 Å². The number of nitrogens with one attached hydrogen (secondary N) is 1. The molecule has 0 saturated carbocycles. The van der Waals surface area contributed by atoms with Gasteiger partial charge in [-0.25, -0.2) is 4.79 Å². The number of carbonyl (C=O) groups is 1. The molecule has 2 aliphatic rings. The lowest BCUT2D eigenvalue weighted by Crippen LogP contribution is -2.41. The van der Waals surface area contributed by atoms with Gasteiger partial charge in [-0.2, -0.15) is 0 Å². The zero-order valence-electron chi connectivity index (χ0n) is 15.0. The standard InChI is InChI=1S/C21H24BrN3O/c1-15-13-25(20-8-3-2-7-19(15)20)21(26)23-12-16-9-10-24(14-16)18-6-4-5-17(22)11-18/h2-8,11,15-16H,9-10,12-14H2,1H3,(H,23,26)/t15-,16-/m0/s1. The first-order valence-electron chi connectivity index (χ1n) is 9.26. The fourth-order valence-corrected chi connectivity index (χ4v) is 4.43.